The van der Waals surface area contributed by atoms with Gasteiger partial charge in [0.05, 0.1) is 7.11 Å². The number of benzene rings is 2. The molecule has 3 nitrogen and oxygen atoms in total. The number of rotatable bonds is 6. The lowest BCUT2D eigenvalue weighted by Crippen LogP contribution is -2.35. The average Bonchev–Trinajstić information content (AvgIpc) is 2.98. The molecule has 0 radical (unpaired) electrons. The zero-order chi connectivity index (χ0) is 16.1. The standard InChI is InChI=1S/C20H25NO2/c1-23-19-9-7-17(8-10-19)14-21-12-11-18(15-22)20(21)13-16-5-3-2-4-6-16/h2-10,18,20,22H,11-15H2,1H3. The fraction of sp³-hybridized carbons (Fsp3) is 0.400. The molecule has 0 spiro atoms. The van der Waals surface area contributed by atoms with Crippen molar-refractivity contribution < 1.29 is 9.84 Å². The lowest BCUT2D eigenvalue weighted by molar-refractivity contribution is 0.161. The van der Waals surface area contributed by atoms with Gasteiger partial charge in [0.25, 0.3) is 0 Å². The Morgan fingerprint density at radius 2 is 1.78 bits per heavy atom. The van der Waals surface area contributed by atoms with Crippen LogP contribution in [0.3, 0.4) is 0 Å². The van der Waals surface area contributed by atoms with Crippen LogP contribution >= 0.6 is 0 Å². The van der Waals surface area contributed by atoms with E-state index in [9.17, 15) is 5.11 Å². The van der Waals surface area contributed by atoms with Crippen molar-refractivity contribution in [2.45, 2.75) is 25.4 Å². The highest BCUT2D eigenvalue weighted by atomic mass is 16.5. The second kappa shape index (κ2) is 7.62. The molecule has 0 aromatic heterocycles. The van der Waals surface area contributed by atoms with E-state index in [0.717, 1.165) is 31.7 Å². The topological polar surface area (TPSA) is 32.7 Å². The molecule has 0 saturated carbocycles. The van der Waals surface area contributed by atoms with E-state index < -0.39 is 0 Å². The molecule has 2 aromatic carbocycles. The summed E-state index contributed by atoms with van der Waals surface area (Å²) in [4.78, 5) is 2.51. The summed E-state index contributed by atoms with van der Waals surface area (Å²) in [6, 6.07) is 19.3. The molecule has 2 unspecified atom stereocenters. The molecule has 1 aliphatic heterocycles. The van der Waals surface area contributed by atoms with Crippen LogP contribution in [0.4, 0.5) is 0 Å². The van der Waals surface area contributed by atoms with E-state index in [2.05, 4.69) is 47.4 Å². The summed E-state index contributed by atoms with van der Waals surface area (Å²) >= 11 is 0. The molecule has 0 bridgehead atoms. The fourth-order valence-corrected chi connectivity index (χ4v) is 3.51. The van der Waals surface area contributed by atoms with Gasteiger partial charge in [-0.1, -0.05) is 42.5 Å². The molecule has 1 saturated heterocycles. The Bertz CT molecular complexity index is 597. The van der Waals surface area contributed by atoms with Gasteiger partial charge in [-0.25, -0.2) is 0 Å². The van der Waals surface area contributed by atoms with Crippen LogP contribution in [0.1, 0.15) is 17.5 Å². The van der Waals surface area contributed by atoms with E-state index in [1.165, 1.54) is 11.1 Å². The molecular formula is C20H25NO2. The molecule has 23 heavy (non-hydrogen) atoms. The quantitative estimate of drug-likeness (QED) is 0.890. The zero-order valence-electron chi connectivity index (χ0n) is 13.7. The monoisotopic (exact) mass is 311 g/mol. The van der Waals surface area contributed by atoms with Crippen LogP contribution in [-0.2, 0) is 13.0 Å². The van der Waals surface area contributed by atoms with Gasteiger partial charge in [-0.05, 0) is 48.6 Å². The van der Waals surface area contributed by atoms with E-state index in [0.29, 0.717) is 12.0 Å². The van der Waals surface area contributed by atoms with Gasteiger partial charge in [-0.2, -0.15) is 0 Å². The Labute approximate surface area is 138 Å². The average molecular weight is 311 g/mol. The third-order valence-electron chi connectivity index (χ3n) is 4.87. The Kier molecular flexibility index (Phi) is 5.31. The minimum atomic E-state index is 0.274. The predicted octanol–water partition coefficient (Wildman–Crippen LogP) is 3.12. The number of methoxy groups -OCH3 is 1. The number of aliphatic hydroxyl groups is 1. The minimum Gasteiger partial charge on any atom is -0.497 e. The van der Waals surface area contributed by atoms with Gasteiger partial charge in [-0.15, -0.1) is 0 Å². The van der Waals surface area contributed by atoms with Crippen LogP contribution in [-0.4, -0.2) is 36.3 Å². The predicted molar refractivity (Wildman–Crippen MR) is 92.5 cm³/mol. The molecule has 122 valence electrons. The van der Waals surface area contributed by atoms with E-state index in [1.54, 1.807) is 7.11 Å². The second-order valence-electron chi connectivity index (χ2n) is 6.31. The maximum atomic E-state index is 9.72. The zero-order valence-corrected chi connectivity index (χ0v) is 13.7. The highest BCUT2D eigenvalue weighted by Crippen LogP contribution is 2.29. The van der Waals surface area contributed by atoms with E-state index in [4.69, 9.17) is 4.74 Å². The maximum Gasteiger partial charge on any atom is 0.118 e. The Balaban J connectivity index is 1.71. The first-order chi connectivity index (χ1) is 11.3. The fourth-order valence-electron chi connectivity index (χ4n) is 3.51. The SMILES string of the molecule is COc1ccc(CN2CCC(CO)C2Cc2ccccc2)cc1. The van der Waals surface area contributed by atoms with Crippen molar-refractivity contribution in [1.82, 2.24) is 4.90 Å². The van der Waals surface area contributed by atoms with E-state index in [-0.39, 0.29) is 6.61 Å². The lowest BCUT2D eigenvalue weighted by Gasteiger charge is -2.28. The molecular weight excluding hydrogens is 286 g/mol. The summed E-state index contributed by atoms with van der Waals surface area (Å²) in [5.41, 5.74) is 2.64. The first kappa shape index (κ1) is 16.0. The van der Waals surface area contributed by atoms with Crippen molar-refractivity contribution in [1.29, 1.82) is 0 Å². The summed E-state index contributed by atoms with van der Waals surface area (Å²) in [6.45, 7) is 2.25. The summed E-state index contributed by atoms with van der Waals surface area (Å²) in [7, 11) is 1.69. The van der Waals surface area contributed by atoms with Crippen molar-refractivity contribution in [2.24, 2.45) is 5.92 Å². The molecule has 1 N–H and O–H groups in total. The van der Waals surface area contributed by atoms with Gasteiger partial charge < -0.3 is 9.84 Å². The Morgan fingerprint density at radius 3 is 2.43 bits per heavy atom. The number of hydrogen-bond acceptors (Lipinski definition) is 3. The van der Waals surface area contributed by atoms with Gasteiger partial charge in [-0.3, -0.25) is 4.90 Å². The van der Waals surface area contributed by atoms with Crippen molar-refractivity contribution in [3.63, 3.8) is 0 Å². The molecule has 1 aliphatic rings. The third kappa shape index (κ3) is 3.92. The number of likely N-dealkylation sites (tertiary alicyclic amines) is 1. The molecule has 3 rings (SSSR count). The Hall–Kier alpha value is -1.84. The first-order valence-corrected chi connectivity index (χ1v) is 8.32. The summed E-state index contributed by atoms with van der Waals surface area (Å²) in [5.74, 6) is 1.26. The molecule has 2 aromatic rings. The smallest absolute Gasteiger partial charge is 0.118 e. The molecule has 3 heteroatoms. The number of ether oxygens (including phenoxy) is 1. The van der Waals surface area contributed by atoms with Crippen molar-refractivity contribution in [2.75, 3.05) is 20.3 Å². The van der Waals surface area contributed by atoms with Gasteiger partial charge in [0, 0.05) is 19.2 Å². The lowest BCUT2D eigenvalue weighted by atomic mass is 9.94. The first-order valence-electron chi connectivity index (χ1n) is 8.32. The van der Waals surface area contributed by atoms with Crippen molar-refractivity contribution >= 4 is 0 Å². The minimum absolute atomic E-state index is 0.274. The summed E-state index contributed by atoms with van der Waals surface area (Å²) in [5, 5.41) is 9.72. The highest BCUT2D eigenvalue weighted by Gasteiger charge is 2.33. The van der Waals surface area contributed by atoms with E-state index >= 15 is 0 Å². The molecule has 0 amide bonds. The van der Waals surface area contributed by atoms with Gasteiger partial charge >= 0.3 is 0 Å². The molecule has 2 atom stereocenters. The van der Waals surface area contributed by atoms with Gasteiger partial charge in [0.15, 0.2) is 0 Å². The molecule has 1 heterocycles. The van der Waals surface area contributed by atoms with Crippen LogP contribution in [0.5, 0.6) is 5.75 Å². The van der Waals surface area contributed by atoms with E-state index in [1.807, 2.05) is 12.1 Å². The third-order valence-corrected chi connectivity index (χ3v) is 4.87. The van der Waals surface area contributed by atoms with Gasteiger partial charge in [0.2, 0.25) is 0 Å². The van der Waals surface area contributed by atoms with Crippen molar-refractivity contribution in [3.05, 3.63) is 65.7 Å². The Morgan fingerprint density at radius 1 is 1.04 bits per heavy atom. The molecule has 0 aliphatic carbocycles. The molecule has 1 fully saturated rings. The normalized spacial score (nSPS) is 21.5. The second-order valence-corrected chi connectivity index (χ2v) is 6.31. The largest absolute Gasteiger partial charge is 0.497 e. The number of aliphatic hydroxyl groups excluding tert-OH is 1. The van der Waals surface area contributed by atoms with Crippen LogP contribution in [0.15, 0.2) is 54.6 Å². The maximum absolute atomic E-state index is 9.72. The summed E-state index contributed by atoms with van der Waals surface area (Å²) < 4.78 is 5.23. The van der Waals surface area contributed by atoms with Crippen LogP contribution in [0, 0.1) is 5.92 Å². The summed E-state index contributed by atoms with van der Waals surface area (Å²) in [6.07, 6.45) is 2.08. The van der Waals surface area contributed by atoms with Crippen LogP contribution < -0.4 is 4.74 Å². The van der Waals surface area contributed by atoms with Crippen molar-refractivity contribution in [3.8, 4) is 5.75 Å². The van der Waals surface area contributed by atoms with Crippen LogP contribution in [0.2, 0.25) is 0 Å². The number of nitrogens with zero attached hydrogens (tertiary/aromatic N) is 1. The highest BCUT2D eigenvalue weighted by molar-refractivity contribution is 5.27. The van der Waals surface area contributed by atoms with Gasteiger partial charge in [0.1, 0.15) is 5.75 Å². The van der Waals surface area contributed by atoms with Crippen LogP contribution in [0.25, 0.3) is 0 Å². The number of hydrogen-bond donors (Lipinski definition) is 1.